The number of aromatic nitrogens is 3. The summed E-state index contributed by atoms with van der Waals surface area (Å²) in [6.45, 7) is 1.77. The summed E-state index contributed by atoms with van der Waals surface area (Å²) >= 11 is 0. The van der Waals surface area contributed by atoms with Crippen molar-refractivity contribution in [3.63, 3.8) is 0 Å². The molecule has 100 valence electrons. The number of hydrazine groups is 1. The smallest absolute Gasteiger partial charge is 0.322 e. The summed E-state index contributed by atoms with van der Waals surface area (Å²) in [4.78, 5) is 11.8. The van der Waals surface area contributed by atoms with E-state index in [9.17, 15) is 4.39 Å². The van der Waals surface area contributed by atoms with E-state index in [-0.39, 0.29) is 17.9 Å². The third kappa shape index (κ3) is 2.86. The predicted octanol–water partition coefficient (Wildman–Crippen LogP) is 1.36. The maximum absolute atomic E-state index is 13.7. The molecular formula is C11H13FN6O. The minimum absolute atomic E-state index is 0.0689. The number of methoxy groups -OCH3 is 1. The van der Waals surface area contributed by atoms with Crippen LogP contribution < -0.4 is 21.3 Å². The van der Waals surface area contributed by atoms with E-state index in [1.165, 1.54) is 13.2 Å². The number of anilines is 3. The number of hydrogen-bond acceptors (Lipinski definition) is 7. The Hall–Kier alpha value is -2.48. The first-order valence-corrected chi connectivity index (χ1v) is 5.43. The molecule has 2 aromatic rings. The number of halogens is 1. The van der Waals surface area contributed by atoms with E-state index in [1.807, 2.05) is 0 Å². The Morgan fingerprint density at radius 2 is 1.95 bits per heavy atom. The van der Waals surface area contributed by atoms with Crippen molar-refractivity contribution in [3.05, 3.63) is 29.6 Å². The molecule has 0 aliphatic carbocycles. The number of ether oxygens (including phenoxy) is 1. The van der Waals surface area contributed by atoms with Crippen molar-refractivity contribution in [1.29, 1.82) is 0 Å². The molecule has 0 aliphatic rings. The molecule has 0 atom stereocenters. The fraction of sp³-hybridized carbons (Fsp3) is 0.182. The molecule has 7 nitrogen and oxygen atoms in total. The normalized spacial score (nSPS) is 10.1. The summed E-state index contributed by atoms with van der Waals surface area (Å²) in [5.41, 5.74) is 3.30. The number of hydrogen-bond donors (Lipinski definition) is 3. The van der Waals surface area contributed by atoms with Gasteiger partial charge in [0, 0.05) is 0 Å². The van der Waals surface area contributed by atoms with Crippen LogP contribution in [0.3, 0.4) is 0 Å². The number of nitrogen functional groups attached to an aromatic ring is 1. The Morgan fingerprint density at radius 1 is 1.21 bits per heavy atom. The summed E-state index contributed by atoms with van der Waals surface area (Å²) in [6.07, 6.45) is 0. The molecule has 0 spiro atoms. The van der Waals surface area contributed by atoms with Crippen LogP contribution in [0.4, 0.5) is 22.0 Å². The van der Waals surface area contributed by atoms with Gasteiger partial charge < -0.3 is 10.1 Å². The molecule has 1 aromatic carbocycles. The lowest BCUT2D eigenvalue weighted by Crippen LogP contribution is -2.13. The molecule has 1 aromatic heterocycles. The van der Waals surface area contributed by atoms with Gasteiger partial charge in [0.15, 0.2) is 0 Å². The van der Waals surface area contributed by atoms with E-state index in [4.69, 9.17) is 10.6 Å². The van der Waals surface area contributed by atoms with Crippen LogP contribution in [0.25, 0.3) is 0 Å². The second-order valence-electron chi connectivity index (χ2n) is 3.67. The van der Waals surface area contributed by atoms with Crippen molar-refractivity contribution in [3.8, 4) is 6.01 Å². The molecule has 0 bridgehead atoms. The van der Waals surface area contributed by atoms with E-state index < -0.39 is 5.82 Å². The number of nitrogens with one attached hydrogen (secondary N) is 2. The Labute approximate surface area is 109 Å². The van der Waals surface area contributed by atoms with Gasteiger partial charge in [0.2, 0.25) is 11.9 Å². The molecule has 0 aliphatic heterocycles. The first-order valence-electron chi connectivity index (χ1n) is 5.43. The van der Waals surface area contributed by atoms with Gasteiger partial charge in [-0.15, -0.1) is 0 Å². The van der Waals surface area contributed by atoms with Crippen molar-refractivity contribution < 1.29 is 9.13 Å². The SMILES string of the molecule is COc1nc(NN)nc(Nc2c(C)cccc2F)n1. The Kier molecular flexibility index (Phi) is 3.71. The fourth-order valence-corrected chi connectivity index (χ4v) is 1.47. The largest absolute Gasteiger partial charge is 0.467 e. The van der Waals surface area contributed by atoms with Gasteiger partial charge in [-0.25, -0.2) is 10.2 Å². The zero-order valence-electron chi connectivity index (χ0n) is 10.4. The molecule has 0 saturated heterocycles. The molecule has 1 heterocycles. The van der Waals surface area contributed by atoms with Gasteiger partial charge >= 0.3 is 6.01 Å². The number of aryl methyl sites for hydroxylation is 1. The summed E-state index contributed by atoms with van der Waals surface area (Å²) in [5, 5.41) is 2.78. The second-order valence-corrected chi connectivity index (χ2v) is 3.67. The summed E-state index contributed by atoms with van der Waals surface area (Å²) in [6, 6.07) is 4.80. The van der Waals surface area contributed by atoms with E-state index in [2.05, 4.69) is 25.7 Å². The van der Waals surface area contributed by atoms with Crippen LogP contribution in [-0.2, 0) is 0 Å². The minimum Gasteiger partial charge on any atom is -0.467 e. The van der Waals surface area contributed by atoms with Crippen LogP contribution >= 0.6 is 0 Å². The van der Waals surface area contributed by atoms with Crippen molar-refractivity contribution in [2.75, 3.05) is 17.9 Å². The van der Waals surface area contributed by atoms with E-state index in [0.29, 0.717) is 5.69 Å². The van der Waals surface area contributed by atoms with E-state index >= 15 is 0 Å². The average molecular weight is 264 g/mol. The summed E-state index contributed by atoms with van der Waals surface area (Å²) < 4.78 is 18.6. The highest BCUT2D eigenvalue weighted by atomic mass is 19.1. The summed E-state index contributed by atoms with van der Waals surface area (Å²) in [5.74, 6) is 5.08. The lowest BCUT2D eigenvalue weighted by Gasteiger charge is -2.10. The van der Waals surface area contributed by atoms with E-state index in [1.54, 1.807) is 19.1 Å². The minimum atomic E-state index is -0.401. The van der Waals surface area contributed by atoms with Gasteiger partial charge in [0.1, 0.15) is 5.82 Å². The van der Waals surface area contributed by atoms with Gasteiger partial charge in [-0.3, -0.25) is 5.43 Å². The van der Waals surface area contributed by atoms with E-state index in [0.717, 1.165) is 5.56 Å². The van der Waals surface area contributed by atoms with Crippen molar-refractivity contribution in [2.45, 2.75) is 6.92 Å². The van der Waals surface area contributed by atoms with Crippen molar-refractivity contribution in [2.24, 2.45) is 5.84 Å². The van der Waals surface area contributed by atoms with Gasteiger partial charge in [-0.1, -0.05) is 12.1 Å². The zero-order valence-corrected chi connectivity index (χ0v) is 10.4. The highest BCUT2D eigenvalue weighted by molar-refractivity contribution is 5.59. The molecule has 0 unspecified atom stereocenters. The van der Waals surface area contributed by atoms with Crippen molar-refractivity contribution >= 4 is 17.6 Å². The monoisotopic (exact) mass is 264 g/mol. The molecule has 8 heteroatoms. The van der Waals surface area contributed by atoms with Gasteiger partial charge in [-0.05, 0) is 18.6 Å². The number of benzene rings is 1. The average Bonchev–Trinajstić information content (AvgIpc) is 2.42. The first kappa shape index (κ1) is 13.0. The molecule has 2 rings (SSSR count). The van der Waals surface area contributed by atoms with Crippen molar-refractivity contribution in [1.82, 2.24) is 15.0 Å². The molecule has 0 saturated carbocycles. The maximum Gasteiger partial charge on any atom is 0.322 e. The molecule has 0 fully saturated rings. The quantitative estimate of drug-likeness (QED) is 0.566. The van der Waals surface area contributed by atoms with Gasteiger partial charge in [-0.2, -0.15) is 15.0 Å². The highest BCUT2D eigenvalue weighted by Crippen LogP contribution is 2.22. The van der Waals surface area contributed by atoms with Crippen LogP contribution in [0.2, 0.25) is 0 Å². The van der Waals surface area contributed by atoms with Gasteiger partial charge in [0.25, 0.3) is 0 Å². The maximum atomic E-state index is 13.7. The predicted molar refractivity (Wildman–Crippen MR) is 68.6 cm³/mol. The zero-order chi connectivity index (χ0) is 13.8. The Balaban J connectivity index is 2.37. The standard InChI is InChI=1S/C11H13FN6O/c1-6-4-3-5-7(12)8(6)14-9-15-10(18-13)17-11(16-9)19-2/h3-5H,13H2,1-2H3,(H2,14,15,16,17,18). The molecule has 0 amide bonds. The lowest BCUT2D eigenvalue weighted by molar-refractivity contribution is 0.379. The van der Waals surface area contributed by atoms with Crippen LogP contribution in [0.15, 0.2) is 18.2 Å². The number of rotatable bonds is 4. The van der Waals surface area contributed by atoms with Crippen LogP contribution in [0.5, 0.6) is 6.01 Å². The van der Waals surface area contributed by atoms with Crippen LogP contribution in [0, 0.1) is 12.7 Å². The van der Waals surface area contributed by atoms with Gasteiger partial charge in [0.05, 0.1) is 12.8 Å². The first-order chi connectivity index (χ1) is 9.13. The Morgan fingerprint density at radius 3 is 2.58 bits per heavy atom. The third-order valence-electron chi connectivity index (χ3n) is 2.39. The number of nitrogens with two attached hydrogens (primary N) is 1. The molecule has 0 radical (unpaired) electrons. The Bertz CT molecular complexity index is 549. The number of para-hydroxylation sites is 1. The van der Waals surface area contributed by atoms with Crippen LogP contribution in [0.1, 0.15) is 5.56 Å². The third-order valence-corrected chi connectivity index (χ3v) is 2.39. The molecule has 19 heavy (non-hydrogen) atoms. The fourth-order valence-electron chi connectivity index (χ4n) is 1.47. The molecule has 4 N–H and O–H groups in total. The second kappa shape index (κ2) is 5.44. The summed E-state index contributed by atoms with van der Waals surface area (Å²) in [7, 11) is 1.41. The number of nitrogens with zero attached hydrogens (tertiary/aromatic N) is 3. The van der Waals surface area contributed by atoms with Crippen LogP contribution in [-0.4, -0.2) is 22.1 Å². The molecular weight excluding hydrogens is 251 g/mol. The topological polar surface area (TPSA) is 98.0 Å². The lowest BCUT2D eigenvalue weighted by atomic mass is 10.2. The highest BCUT2D eigenvalue weighted by Gasteiger charge is 2.10.